The van der Waals surface area contributed by atoms with Crippen molar-refractivity contribution in [2.75, 3.05) is 38.2 Å². The van der Waals surface area contributed by atoms with Gasteiger partial charge in [0.05, 0.1) is 18.9 Å². The second-order valence-corrected chi connectivity index (χ2v) is 11.5. The fourth-order valence-corrected chi connectivity index (χ4v) is 6.11. The van der Waals surface area contributed by atoms with Gasteiger partial charge in [-0.1, -0.05) is 12.1 Å². The van der Waals surface area contributed by atoms with Gasteiger partial charge >= 0.3 is 0 Å². The smallest absolute Gasteiger partial charge is 0.293 e. The topological polar surface area (TPSA) is 71.4 Å². The molecule has 0 radical (unpaired) electrons. The van der Waals surface area contributed by atoms with Crippen molar-refractivity contribution in [3.05, 3.63) is 54.4 Å². The largest absolute Gasteiger partial charge is 0.495 e. The Bertz CT molecular complexity index is 1230. The van der Waals surface area contributed by atoms with Gasteiger partial charge in [-0.15, -0.1) is 4.40 Å². The summed E-state index contributed by atoms with van der Waals surface area (Å²) in [6, 6.07) is 12.1. The normalized spacial score (nSPS) is 20.8. The van der Waals surface area contributed by atoms with Gasteiger partial charge < -0.3 is 14.4 Å². The molecule has 1 aliphatic carbocycles. The van der Waals surface area contributed by atoms with Crippen LogP contribution in [0.15, 0.2) is 57.8 Å². The zero-order valence-electron chi connectivity index (χ0n) is 21.8. The molecule has 0 N–H and O–H groups in total. The zero-order valence-corrected chi connectivity index (χ0v) is 22.6. The first-order chi connectivity index (χ1) is 17.8. The highest BCUT2D eigenvalue weighted by molar-refractivity contribution is 7.90. The Morgan fingerprint density at radius 1 is 1.03 bits per heavy atom. The van der Waals surface area contributed by atoms with Crippen molar-refractivity contribution >= 4 is 21.6 Å². The summed E-state index contributed by atoms with van der Waals surface area (Å²) in [5.41, 5.74) is 1.16. The van der Waals surface area contributed by atoms with E-state index >= 15 is 0 Å². The number of nitrogens with zero attached hydrogens (tertiary/aromatic N) is 3. The minimum atomic E-state index is -4.10. The van der Waals surface area contributed by atoms with E-state index in [1.54, 1.807) is 6.08 Å². The maximum absolute atomic E-state index is 13.6. The first-order valence-electron chi connectivity index (χ1n) is 12.9. The van der Waals surface area contributed by atoms with Crippen molar-refractivity contribution in [1.29, 1.82) is 0 Å². The van der Waals surface area contributed by atoms with Crippen molar-refractivity contribution in [2.45, 2.75) is 56.6 Å². The number of ether oxygens (including phenoxy) is 2. The molecular weight excluding hydrogens is 493 g/mol. The second kappa shape index (κ2) is 12.1. The molecule has 1 saturated heterocycles. The molecule has 7 nitrogen and oxygen atoms in total. The summed E-state index contributed by atoms with van der Waals surface area (Å²) >= 11 is 0. The van der Waals surface area contributed by atoms with E-state index in [0.29, 0.717) is 6.04 Å². The molecule has 1 aliphatic heterocycles. The highest BCUT2D eigenvalue weighted by atomic mass is 32.2. The van der Waals surface area contributed by atoms with E-state index in [1.807, 2.05) is 26.0 Å². The van der Waals surface area contributed by atoms with Crippen LogP contribution in [-0.4, -0.2) is 64.6 Å². The summed E-state index contributed by atoms with van der Waals surface area (Å²) in [6.07, 6.45) is 5.91. The van der Waals surface area contributed by atoms with E-state index in [4.69, 9.17) is 9.47 Å². The summed E-state index contributed by atoms with van der Waals surface area (Å²) < 4.78 is 53.4. The Labute approximate surface area is 219 Å². The number of anilines is 1. The second-order valence-electron chi connectivity index (χ2n) is 9.88. The van der Waals surface area contributed by atoms with Crippen LogP contribution in [0.4, 0.5) is 10.1 Å². The lowest BCUT2D eigenvalue weighted by Crippen LogP contribution is -2.51. The number of halogens is 1. The van der Waals surface area contributed by atoms with Gasteiger partial charge in [-0.3, -0.25) is 4.90 Å². The summed E-state index contributed by atoms with van der Waals surface area (Å²) in [6.45, 7) is 8.05. The average molecular weight is 530 g/mol. The summed E-state index contributed by atoms with van der Waals surface area (Å²) in [4.78, 5) is 4.70. The van der Waals surface area contributed by atoms with E-state index in [2.05, 4.69) is 32.2 Å². The van der Waals surface area contributed by atoms with Gasteiger partial charge in [0, 0.05) is 32.2 Å². The number of rotatable bonds is 8. The quantitative estimate of drug-likeness (QED) is 0.452. The van der Waals surface area contributed by atoms with E-state index in [9.17, 15) is 12.8 Å². The average Bonchev–Trinajstić information content (AvgIpc) is 2.89. The van der Waals surface area contributed by atoms with Crippen LogP contribution < -0.4 is 14.4 Å². The lowest BCUT2D eigenvalue weighted by atomic mass is 9.85. The lowest BCUT2D eigenvalue weighted by Gasteiger charge is -2.42. The van der Waals surface area contributed by atoms with Gasteiger partial charge in [0.15, 0.2) is 0 Å². The monoisotopic (exact) mass is 529 g/mol. The number of methoxy groups -OCH3 is 1. The Morgan fingerprint density at radius 2 is 1.73 bits per heavy atom. The third-order valence-electron chi connectivity index (χ3n) is 7.03. The highest BCUT2D eigenvalue weighted by Gasteiger charge is 2.28. The van der Waals surface area contributed by atoms with Gasteiger partial charge in [0.25, 0.3) is 10.0 Å². The molecule has 4 rings (SSSR count). The standard InChI is InChI=1S/C28H36FN3O4S/c1-21(2)36-26-7-5-4-6-25(26)32-18-16-31(17-19-32)24-11-8-22(9-12-24)14-15-30-37(33,34)28-20-23(29)10-13-27(28)35-3/h4-7,10,13-14,20-22,24H,8-9,11-12,16-19H2,1-3H3. The van der Waals surface area contributed by atoms with E-state index in [1.165, 1.54) is 13.2 Å². The molecule has 0 amide bonds. The van der Waals surface area contributed by atoms with E-state index in [0.717, 1.165) is 75.4 Å². The Hall–Kier alpha value is -2.87. The summed E-state index contributed by atoms with van der Waals surface area (Å²) in [5.74, 6) is 3.17. The van der Waals surface area contributed by atoms with Crippen LogP contribution in [0.2, 0.25) is 0 Å². The predicted octanol–water partition coefficient (Wildman–Crippen LogP) is 4.92. The fraction of sp³-hybridized carbons (Fsp3) is 0.500. The molecule has 2 fully saturated rings. The zero-order chi connectivity index (χ0) is 26.4. The number of hydrogen-bond acceptors (Lipinski definition) is 6. The van der Waals surface area contributed by atoms with Gasteiger partial charge in [-0.25, -0.2) is 4.39 Å². The van der Waals surface area contributed by atoms with Crippen molar-refractivity contribution in [3.8, 4) is 11.5 Å². The number of allylic oxidation sites excluding steroid dienone is 1. The van der Waals surface area contributed by atoms with Crippen molar-refractivity contribution in [1.82, 2.24) is 4.90 Å². The molecule has 0 atom stereocenters. The van der Waals surface area contributed by atoms with Gasteiger partial charge in [0.1, 0.15) is 22.2 Å². The summed E-state index contributed by atoms with van der Waals surface area (Å²) in [5, 5.41) is 0. The number of piperazine rings is 1. The van der Waals surface area contributed by atoms with Crippen LogP contribution in [0.5, 0.6) is 11.5 Å². The van der Waals surface area contributed by atoms with Gasteiger partial charge in [0.2, 0.25) is 0 Å². The molecule has 1 saturated carbocycles. The molecule has 2 aromatic carbocycles. The number of para-hydroxylation sites is 2. The molecular formula is C28H36FN3O4S. The third-order valence-corrected chi connectivity index (χ3v) is 8.25. The van der Waals surface area contributed by atoms with Crippen LogP contribution in [0.3, 0.4) is 0 Å². The van der Waals surface area contributed by atoms with Gasteiger partial charge in [-0.2, -0.15) is 8.42 Å². The molecule has 0 spiro atoms. The lowest BCUT2D eigenvalue weighted by molar-refractivity contribution is 0.137. The van der Waals surface area contributed by atoms with Crippen LogP contribution in [-0.2, 0) is 10.0 Å². The molecule has 0 aromatic heterocycles. The van der Waals surface area contributed by atoms with Crippen LogP contribution >= 0.6 is 0 Å². The molecule has 2 aliphatic rings. The third kappa shape index (κ3) is 6.92. The van der Waals surface area contributed by atoms with Crippen LogP contribution in [0, 0.1) is 11.7 Å². The highest BCUT2D eigenvalue weighted by Crippen LogP contribution is 2.32. The van der Waals surface area contributed by atoms with Crippen LogP contribution in [0.25, 0.3) is 0 Å². The fourth-order valence-electron chi connectivity index (χ4n) is 5.14. The maximum Gasteiger partial charge on any atom is 0.293 e. The first kappa shape index (κ1) is 27.2. The molecule has 9 heteroatoms. The van der Waals surface area contributed by atoms with Crippen molar-refractivity contribution < 1.29 is 22.3 Å². The van der Waals surface area contributed by atoms with Crippen molar-refractivity contribution in [3.63, 3.8) is 0 Å². The minimum Gasteiger partial charge on any atom is -0.495 e. The Kier molecular flexibility index (Phi) is 8.90. The molecule has 2 aromatic rings. The number of hydrogen-bond donors (Lipinski definition) is 0. The number of benzene rings is 2. The van der Waals surface area contributed by atoms with Crippen LogP contribution in [0.1, 0.15) is 39.5 Å². The maximum atomic E-state index is 13.6. The van der Waals surface area contributed by atoms with E-state index in [-0.39, 0.29) is 22.7 Å². The van der Waals surface area contributed by atoms with Crippen molar-refractivity contribution in [2.24, 2.45) is 10.3 Å². The predicted molar refractivity (Wildman–Crippen MR) is 144 cm³/mol. The molecule has 1 heterocycles. The Morgan fingerprint density at radius 3 is 2.41 bits per heavy atom. The minimum absolute atomic E-state index is 0.0588. The van der Waals surface area contributed by atoms with E-state index < -0.39 is 15.8 Å². The molecule has 200 valence electrons. The first-order valence-corrected chi connectivity index (χ1v) is 14.3. The number of sulfonamides is 1. The van der Waals surface area contributed by atoms with Gasteiger partial charge in [-0.05, 0) is 87.7 Å². The SMILES string of the molecule is COc1ccc(F)cc1S(=O)(=O)N=C=CC1CCC(N2CCN(c3ccccc3OC(C)C)CC2)CC1. The molecule has 0 bridgehead atoms. The molecule has 37 heavy (non-hydrogen) atoms. The molecule has 0 unspecified atom stereocenters. The summed E-state index contributed by atoms with van der Waals surface area (Å²) in [7, 11) is -2.76. The Balaban J connectivity index is 1.30.